The third kappa shape index (κ3) is 3.52. The van der Waals surface area contributed by atoms with Crippen LogP contribution < -0.4 is 11.1 Å². The van der Waals surface area contributed by atoms with Crippen LogP contribution in [0.2, 0.25) is 0 Å². The summed E-state index contributed by atoms with van der Waals surface area (Å²) in [5.74, 6) is 0.497. The Kier molecular flexibility index (Phi) is 4.87. The molecule has 104 valence electrons. The number of rotatable bonds is 5. The van der Waals surface area contributed by atoms with Crippen LogP contribution in [0.15, 0.2) is 24.3 Å². The predicted octanol–water partition coefficient (Wildman–Crippen LogP) is 2.20. The van der Waals surface area contributed by atoms with Crippen LogP contribution in [0.25, 0.3) is 0 Å². The first-order chi connectivity index (χ1) is 9.22. The number of nitro groups is 1. The third-order valence-corrected chi connectivity index (χ3v) is 3.95. The summed E-state index contributed by atoms with van der Waals surface area (Å²) in [7, 11) is 0. The number of nitro benzene ring substituents is 1. The third-order valence-electron chi connectivity index (χ3n) is 3.95. The molecule has 1 aliphatic carbocycles. The van der Waals surface area contributed by atoms with Gasteiger partial charge in [0.15, 0.2) is 0 Å². The molecular formula is C14H21N3O2. The summed E-state index contributed by atoms with van der Waals surface area (Å²) in [5, 5.41) is 14.4. The predicted molar refractivity (Wildman–Crippen MR) is 74.7 cm³/mol. The van der Waals surface area contributed by atoms with Crippen molar-refractivity contribution in [1.82, 2.24) is 5.32 Å². The molecule has 1 saturated carbocycles. The SMILES string of the molecule is NCC1CCCCC1NCc1ccccc1[N+](=O)[O-]. The van der Waals surface area contributed by atoms with Crippen molar-refractivity contribution in [2.24, 2.45) is 11.7 Å². The average molecular weight is 263 g/mol. The first kappa shape index (κ1) is 14.0. The highest BCUT2D eigenvalue weighted by Gasteiger charge is 2.24. The van der Waals surface area contributed by atoms with E-state index >= 15 is 0 Å². The molecule has 5 nitrogen and oxygen atoms in total. The fraction of sp³-hybridized carbons (Fsp3) is 0.571. The highest BCUT2D eigenvalue weighted by Crippen LogP contribution is 2.24. The number of hydrogen-bond donors (Lipinski definition) is 2. The summed E-state index contributed by atoms with van der Waals surface area (Å²) in [6.07, 6.45) is 4.73. The molecule has 1 aromatic rings. The second kappa shape index (κ2) is 6.63. The molecule has 5 heteroatoms. The van der Waals surface area contributed by atoms with E-state index in [1.807, 2.05) is 12.1 Å². The van der Waals surface area contributed by atoms with Gasteiger partial charge >= 0.3 is 0 Å². The van der Waals surface area contributed by atoms with Gasteiger partial charge in [0.05, 0.1) is 4.92 Å². The first-order valence-electron chi connectivity index (χ1n) is 6.88. The van der Waals surface area contributed by atoms with Gasteiger partial charge in [0.25, 0.3) is 5.69 Å². The maximum atomic E-state index is 11.0. The standard InChI is InChI=1S/C14H21N3O2/c15-9-11-5-1-3-7-13(11)16-10-12-6-2-4-8-14(12)17(18)19/h2,4,6,8,11,13,16H,1,3,5,7,9-10,15H2. The Bertz CT molecular complexity index is 436. The summed E-state index contributed by atoms with van der Waals surface area (Å²) in [5.41, 5.74) is 6.73. The minimum atomic E-state index is -0.321. The van der Waals surface area contributed by atoms with Crippen molar-refractivity contribution in [3.8, 4) is 0 Å². The Labute approximate surface area is 113 Å². The molecule has 0 saturated heterocycles. The maximum Gasteiger partial charge on any atom is 0.273 e. The molecule has 0 amide bonds. The number of para-hydroxylation sites is 1. The Morgan fingerprint density at radius 1 is 1.32 bits per heavy atom. The van der Waals surface area contributed by atoms with Gasteiger partial charge in [0, 0.05) is 24.2 Å². The Balaban J connectivity index is 2.00. The number of nitrogens with two attached hydrogens (primary N) is 1. The minimum Gasteiger partial charge on any atom is -0.330 e. The Hall–Kier alpha value is -1.46. The van der Waals surface area contributed by atoms with Crippen molar-refractivity contribution >= 4 is 5.69 Å². The van der Waals surface area contributed by atoms with Crippen LogP contribution in [0.4, 0.5) is 5.69 Å². The topological polar surface area (TPSA) is 81.2 Å². The second-order valence-electron chi connectivity index (χ2n) is 5.15. The lowest BCUT2D eigenvalue weighted by Crippen LogP contribution is -2.41. The number of nitrogens with one attached hydrogen (secondary N) is 1. The molecule has 1 fully saturated rings. The van der Waals surface area contributed by atoms with Gasteiger partial charge in [-0.3, -0.25) is 10.1 Å². The summed E-state index contributed by atoms with van der Waals surface area (Å²) >= 11 is 0. The molecule has 19 heavy (non-hydrogen) atoms. The zero-order valence-corrected chi connectivity index (χ0v) is 11.0. The van der Waals surface area contributed by atoms with Gasteiger partial charge in [-0.2, -0.15) is 0 Å². The molecule has 2 atom stereocenters. The number of benzene rings is 1. The molecule has 0 bridgehead atoms. The summed E-state index contributed by atoms with van der Waals surface area (Å²) in [6, 6.07) is 7.29. The Morgan fingerprint density at radius 2 is 2.05 bits per heavy atom. The van der Waals surface area contributed by atoms with Crippen molar-refractivity contribution in [2.45, 2.75) is 38.3 Å². The van der Waals surface area contributed by atoms with Crippen molar-refractivity contribution in [3.05, 3.63) is 39.9 Å². The largest absolute Gasteiger partial charge is 0.330 e. The summed E-state index contributed by atoms with van der Waals surface area (Å²) in [4.78, 5) is 10.6. The average Bonchev–Trinajstić information content (AvgIpc) is 2.45. The first-order valence-corrected chi connectivity index (χ1v) is 6.88. The molecule has 2 unspecified atom stereocenters. The van der Waals surface area contributed by atoms with Crippen molar-refractivity contribution < 1.29 is 4.92 Å². The van der Waals surface area contributed by atoms with Crippen LogP contribution in [0.1, 0.15) is 31.2 Å². The van der Waals surface area contributed by atoms with Crippen molar-refractivity contribution in [3.63, 3.8) is 0 Å². The number of hydrogen-bond acceptors (Lipinski definition) is 4. The molecule has 3 N–H and O–H groups in total. The van der Waals surface area contributed by atoms with E-state index in [1.165, 1.54) is 12.8 Å². The van der Waals surface area contributed by atoms with Gasteiger partial charge in [0.1, 0.15) is 0 Å². The minimum absolute atomic E-state index is 0.190. The van der Waals surface area contributed by atoms with Gasteiger partial charge < -0.3 is 11.1 Å². The van der Waals surface area contributed by atoms with Gasteiger partial charge in [-0.1, -0.05) is 31.0 Å². The van der Waals surface area contributed by atoms with E-state index in [9.17, 15) is 10.1 Å². The molecule has 0 radical (unpaired) electrons. The van der Waals surface area contributed by atoms with Crippen LogP contribution in [0.3, 0.4) is 0 Å². The number of nitrogens with zero attached hydrogens (tertiary/aromatic N) is 1. The molecule has 0 spiro atoms. The quantitative estimate of drug-likeness (QED) is 0.630. The molecule has 1 aromatic carbocycles. The smallest absolute Gasteiger partial charge is 0.273 e. The Morgan fingerprint density at radius 3 is 2.79 bits per heavy atom. The second-order valence-corrected chi connectivity index (χ2v) is 5.15. The van der Waals surface area contributed by atoms with E-state index in [-0.39, 0.29) is 10.6 Å². The van der Waals surface area contributed by atoms with Crippen LogP contribution in [0.5, 0.6) is 0 Å². The summed E-state index contributed by atoms with van der Waals surface area (Å²) in [6.45, 7) is 1.23. The van der Waals surface area contributed by atoms with Gasteiger partial charge in [-0.15, -0.1) is 0 Å². The molecule has 2 rings (SSSR count). The molecule has 0 aliphatic heterocycles. The van der Waals surface area contributed by atoms with Crippen LogP contribution >= 0.6 is 0 Å². The zero-order chi connectivity index (χ0) is 13.7. The van der Waals surface area contributed by atoms with E-state index < -0.39 is 0 Å². The highest BCUT2D eigenvalue weighted by atomic mass is 16.6. The summed E-state index contributed by atoms with van der Waals surface area (Å²) < 4.78 is 0. The fourth-order valence-corrected chi connectivity index (χ4v) is 2.84. The van der Waals surface area contributed by atoms with Crippen molar-refractivity contribution in [2.75, 3.05) is 6.54 Å². The van der Waals surface area contributed by atoms with Gasteiger partial charge in [0.2, 0.25) is 0 Å². The maximum absolute atomic E-state index is 11.0. The lowest BCUT2D eigenvalue weighted by atomic mass is 9.84. The molecule has 0 heterocycles. The fourth-order valence-electron chi connectivity index (χ4n) is 2.84. The normalized spacial score (nSPS) is 23.2. The van der Waals surface area contributed by atoms with Crippen LogP contribution in [-0.2, 0) is 6.54 Å². The van der Waals surface area contributed by atoms with E-state index in [4.69, 9.17) is 5.73 Å². The zero-order valence-electron chi connectivity index (χ0n) is 11.0. The van der Waals surface area contributed by atoms with Crippen molar-refractivity contribution in [1.29, 1.82) is 0 Å². The van der Waals surface area contributed by atoms with E-state index in [2.05, 4.69) is 5.32 Å². The van der Waals surface area contributed by atoms with E-state index in [0.29, 0.717) is 25.0 Å². The van der Waals surface area contributed by atoms with E-state index in [1.54, 1.807) is 12.1 Å². The lowest BCUT2D eigenvalue weighted by Gasteiger charge is -2.31. The van der Waals surface area contributed by atoms with E-state index in [0.717, 1.165) is 18.4 Å². The van der Waals surface area contributed by atoms with Crippen LogP contribution in [-0.4, -0.2) is 17.5 Å². The lowest BCUT2D eigenvalue weighted by molar-refractivity contribution is -0.385. The van der Waals surface area contributed by atoms with Gasteiger partial charge in [-0.05, 0) is 25.3 Å². The highest BCUT2D eigenvalue weighted by molar-refractivity contribution is 5.39. The molecular weight excluding hydrogens is 242 g/mol. The van der Waals surface area contributed by atoms with Crippen LogP contribution in [0, 0.1) is 16.0 Å². The molecule has 1 aliphatic rings. The monoisotopic (exact) mass is 263 g/mol. The van der Waals surface area contributed by atoms with Gasteiger partial charge in [-0.25, -0.2) is 0 Å². The molecule has 0 aromatic heterocycles.